The van der Waals surface area contributed by atoms with Crippen LogP contribution < -0.4 is 0 Å². The van der Waals surface area contributed by atoms with Gasteiger partial charge < -0.3 is 0 Å². The molecule has 0 bridgehead atoms. The van der Waals surface area contributed by atoms with Crippen molar-refractivity contribution in [3.63, 3.8) is 0 Å². The fourth-order valence-electron chi connectivity index (χ4n) is 2.12. The molecule has 3 aromatic rings. The van der Waals surface area contributed by atoms with Crippen molar-refractivity contribution in [3.05, 3.63) is 58.7 Å². The van der Waals surface area contributed by atoms with Gasteiger partial charge in [-0.05, 0) is 18.6 Å². The van der Waals surface area contributed by atoms with Crippen molar-refractivity contribution >= 4 is 17.4 Å². The zero-order valence-corrected chi connectivity index (χ0v) is 13.2. The van der Waals surface area contributed by atoms with Crippen LogP contribution in [0.3, 0.4) is 0 Å². The third-order valence-corrected chi connectivity index (χ3v) is 4.20. The molecule has 0 radical (unpaired) electrons. The van der Waals surface area contributed by atoms with Crippen molar-refractivity contribution in [1.29, 1.82) is 0 Å². The Kier molecular flexibility index (Phi) is 4.38. The Morgan fingerprint density at radius 2 is 2.17 bits per heavy atom. The molecule has 2 heterocycles. The molecule has 0 spiro atoms. The number of hydrogen-bond donors (Lipinski definition) is 0. The lowest BCUT2D eigenvalue weighted by molar-refractivity contribution is -0.385. The first-order valence-electron chi connectivity index (χ1n) is 6.91. The van der Waals surface area contributed by atoms with Crippen LogP contribution in [0, 0.1) is 17.0 Å². The van der Waals surface area contributed by atoms with E-state index < -0.39 is 4.92 Å². The predicted molar refractivity (Wildman–Crippen MR) is 85.7 cm³/mol. The summed E-state index contributed by atoms with van der Waals surface area (Å²) in [5.41, 5.74) is 2.17. The van der Waals surface area contributed by atoms with E-state index in [9.17, 15) is 10.1 Å². The molecule has 8 nitrogen and oxygen atoms in total. The SMILES string of the molecule is Cc1ccccc1-n1cnnc1SCCn1cc([N+](=O)[O-])cn1. The third-order valence-electron chi connectivity index (χ3n) is 3.27. The molecule has 0 saturated heterocycles. The van der Waals surface area contributed by atoms with Crippen LogP contribution in [0.15, 0.2) is 48.1 Å². The molecule has 9 heteroatoms. The van der Waals surface area contributed by atoms with Crippen LogP contribution in [0.5, 0.6) is 0 Å². The van der Waals surface area contributed by atoms with Crippen molar-refractivity contribution in [2.24, 2.45) is 0 Å². The number of aromatic nitrogens is 5. The van der Waals surface area contributed by atoms with Crippen LogP contribution in [0.2, 0.25) is 0 Å². The summed E-state index contributed by atoms with van der Waals surface area (Å²) in [6.07, 6.45) is 4.36. The van der Waals surface area contributed by atoms with Crippen LogP contribution in [0.4, 0.5) is 5.69 Å². The van der Waals surface area contributed by atoms with E-state index in [0.29, 0.717) is 12.3 Å². The van der Waals surface area contributed by atoms with Crippen molar-refractivity contribution in [1.82, 2.24) is 24.5 Å². The van der Waals surface area contributed by atoms with E-state index in [1.54, 1.807) is 11.0 Å². The number of benzene rings is 1. The van der Waals surface area contributed by atoms with E-state index in [2.05, 4.69) is 15.3 Å². The maximum absolute atomic E-state index is 10.6. The summed E-state index contributed by atoms with van der Waals surface area (Å²) in [5, 5.41) is 23.5. The van der Waals surface area contributed by atoms with Crippen molar-refractivity contribution < 1.29 is 4.92 Å². The molecule has 0 aliphatic carbocycles. The minimum Gasteiger partial charge on any atom is -0.276 e. The third kappa shape index (κ3) is 3.39. The summed E-state index contributed by atoms with van der Waals surface area (Å²) in [7, 11) is 0. The van der Waals surface area contributed by atoms with E-state index in [1.807, 2.05) is 35.8 Å². The molecule has 0 amide bonds. The number of para-hydroxylation sites is 1. The van der Waals surface area contributed by atoms with E-state index in [0.717, 1.165) is 16.4 Å². The van der Waals surface area contributed by atoms with Crippen molar-refractivity contribution in [3.8, 4) is 5.69 Å². The molecule has 0 aliphatic heterocycles. The Balaban J connectivity index is 1.66. The molecule has 0 N–H and O–H groups in total. The summed E-state index contributed by atoms with van der Waals surface area (Å²) in [6.45, 7) is 2.59. The van der Waals surface area contributed by atoms with E-state index in [4.69, 9.17) is 0 Å². The number of nitro groups is 1. The maximum atomic E-state index is 10.6. The van der Waals surface area contributed by atoms with Crippen LogP contribution in [0.1, 0.15) is 5.56 Å². The van der Waals surface area contributed by atoms with Gasteiger partial charge >= 0.3 is 5.69 Å². The van der Waals surface area contributed by atoms with E-state index in [-0.39, 0.29) is 5.69 Å². The Labute approximate surface area is 136 Å². The molecule has 118 valence electrons. The summed E-state index contributed by atoms with van der Waals surface area (Å²) >= 11 is 1.53. The van der Waals surface area contributed by atoms with E-state index >= 15 is 0 Å². The van der Waals surface area contributed by atoms with Gasteiger partial charge in [-0.1, -0.05) is 30.0 Å². The molecule has 23 heavy (non-hydrogen) atoms. The largest absolute Gasteiger partial charge is 0.306 e. The standard InChI is InChI=1S/C14H14N6O2S/c1-11-4-2-3-5-13(11)19-10-15-17-14(19)23-7-6-18-9-12(8-16-18)20(21)22/h2-5,8-10H,6-7H2,1H3. The number of nitrogens with zero attached hydrogens (tertiary/aromatic N) is 6. The summed E-state index contributed by atoms with van der Waals surface area (Å²) in [5.74, 6) is 0.684. The lowest BCUT2D eigenvalue weighted by Crippen LogP contribution is -2.03. The molecular weight excluding hydrogens is 316 g/mol. The second-order valence-corrected chi connectivity index (χ2v) is 5.90. The number of rotatable bonds is 6. The molecule has 0 saturated carbocycles. The highest BCUT2D eigenvalue weighted by molar-refractivity contribution is 7.99. The molecule has 3 rings (SSSR count). The first kappa shape index (κ1) is 15.2. The number of hydrogen-bond acceptors (Lipinski definition) is 6. The van der Waals surface area contributed by atoms with Crippen molar-refractivity contribution in [2.45, 2.75) is 18.6 Å². The van der Waals surface area contributed by atoms with Gasteiger partial charge in [0.1, 0.15) is 18.7 Å². The second kappa shape index (κ2) is 6.61. The summed E-state index contributed by atoms with van der Waals surface area (Å²) in [4.78, 5) is 10.2. The average molecular weight is 330 g/mol. The van der Waals surface area contributed by atoms with Gasteiger partial charge in [0, 0.05) is 5.75 Å². The Morgan fingerprint density at radius 1 is 1.35 bits per heavy atom. The highest BCUT2D eigenvalue weighted by atomic mass is 32.2. The Morgan fingerprint density at radius 3 is 2.91 bits per heavy atom. The molecule has 2 aromatic heterocycles. The maximum Gasteiger partial charge on any atom is 0.306 e. The second-order valence-electron chi connectivity index (χ2n) is 4.84. The van der Waals surface area contributed by atoms with Crippen LogP contribution in [-0.4, -0.2) is 35.2 Å². The summed E-state index contributed by atoms with van der Waals surface area (Å²) < 4.78 is 3.49. The molecular formula is C14H14N6O2S. The first-order chi connectivity index (χ1) is 11.1. The molecule has 0 aliphatic rings. The summed E-state index contributed by atoms with van der Waals surface area (Å²) in [6, 6.07) is 8.01. The quantitative estimate of drug-likeness (QED) is 0.392. The van der Waals surface area contributed by atoms with Gasteiger partial charge in [-0.3, -0.25) is 19.4 Å². The van der Waals surface area contributed by atoms with Gasteiger partial charge in [0.05, 0.1) is 17.2 Å². The first-order valence-corrected chi connectivity index (χ1v) is 7.89. The van der Waals surface area contributed by atoms with Gasteiger partial charge in [0.25, 0.3) is 0 Å². The Hall–Kier alpha value is -2.68. The minimum absolute atomic E-state index is 0.00178. The van der Waals surface area contributed by atoms with Crippen molar-refractivity contribution in [2.75, 3.05) is 5.75 Å². The Bertz CT molecular complexity index is 828. The van der Waals surface area contributed by atoms with Gasteiger partial charge in [-0.15, -0.1) is 10.2 Å². The smallest absolute Gasteiger partial charge is 0.276 e. The molecule has 1 aromatic carbocycles. The molecule has 0 atom stereocenters. The number of aryl methyl sites for hydroxylation is 2. The average Bonchev–Trinajstić information content (AvgIpc) is 3.17. The fraction of sp³-hybridized carbons (Fsp3) is 0.214. The minimum atomic E-state index is -0.453. The fourth-order valence-corrected chi connectivity index (χ4v) is 2.97. The predicted octanol–water partition coefficient (Wildman–Crippen LogP) is 2.47. The zero-order chi connectivity index (χ0) is 16.2. The molecule has 0 fully saturated rings. The topological polar surface area (TPSA) is 91.7 Å². The van der Waals surface area contributed by atoms with Crippen LogP contribution in [0.25, 0.3) is 5.69 Å². The van der Waals surface area contributed by atoms with Gasteiger partial charge in [0.2, 0.25) is 0 Å². The number of thioether (sulfide) groups is 1. The highest BCUT2D eigenvalue weighted by Crippen LogP contribution is 2.22. The highest BCUT2D eigenvalue weighted by Gasteiger charge is 2.11. The monoisotopic (exact) mass is 330 g/mol. The van der Waals surface area contributed by atoms with Gasteiger partial charge in [-0.2, -0.15) is 5.10 Å². The van der Waals surface area contributed by atoms with Gasteiger partial charge in [0.15, 0.2) is 5.16 Å². The van der Waals surface area contributed by atoms with Crippen LogP contribution >= 0.6 is 11.8 Å². The van der Waals surface area contributed by atoms with Crippen LogP contribution in [-0.2, 0) is 6.54 Å². The normalized spacial score (nSPS) is 10.8. The lowest BCUT2D eigenvalue weighted by atomic mass is 10.2. The zero-order valence-electron chi connectivity index (χ0n) is 12.4. The lowest BCUT2D eigenvalue weighted by Gasteiger charge is -2.08. The molecule has 0 unspecified atom stereocenters. The van der Waals surface area contributed by atoms with E-state index in [1.165, 1.54) is 24.2 Å². The van der Waals surface area contributed by atoms with Gasteiger partial charge in [-0.25, -0.2) is 0 Å².